The largest absolute Gasteiger partial charge is 0.376 e. The summed E-state index contributed by atoms with van der Waals surface area (Å²) in [5.74, 6) is -0.426. The predicted octanol–water partition coefficient (Wildman–Crippen LogP) is 1.92. The SMILES string of the molecule is CC(NC(=O)c1ccc(Br)s1)C(=O)NCC1CCCO1. The molecule has 2 atom stereocenters. The predicted molar refractivity (Wildman–Crippen MR) is 80.9 cm³/mol. The third-order valence-corrected chi connectivity index (χ3v) is 4.69. The second-order valence-electron chi connectivity index (χ2n) is 4.68. The van der Waals surface area contributed by atoms with Gasteiger partial charge in [0.1, 0.15) is 6.04 Å². The number of ether oxygens (including phenoxy) is 1. The minimum atomic E-state index is -0.565. The Labute approximate surface area is 130 Å². The topological polar surface area (TPSA) is 67.4 Å². The Hall–Kier alpha value is -0.920. The lowest BCUT2D eigenvalue weighted by molar-refractivity contribution is -0.123. The Balaban J connectivity index is 1.76. The van der Waals surface area contributed by atoms with Crippen molar-refractivity contribution < 1.29 is 14.3 Å². The van der Waals surface area contributed by atoms with Gasteiger partial charge in [-0.3, -0.25) is 9.59 Å². The lowest BCUT2D eigenvalue weighted by atomic mass is 10.2. The zero-order chi connectivity index (χ0) is 14.5. The van der Waals surface area contributed by atoms with Crippen LogP contribution in [0.4, 0.5) is 0 Å². The van der Waals surface area contributed by atoms with Gasteiger partial charge in [-0.25, -0.2) is 0 Å². The van der Waals surface area contributed by atoms with Gasteiger partial charge in [0.05, 0.1) is 14.8 Å². The third-order valence-electron chi connectivity index (χ3n) is 3.07. The number of hydrogen-bond donors (Lipinski definition) is 2. The maximum absolute atomic E-state index is 11.9. The minimum absolute atomic E-state index is 0.107. The average molecular weight is 361 g/mol. The maximum Gasteiger partial charge on any atom is 0.262 e. The van der Waals surface area contributed by atoms with Crippen LogP contribution in [0.15, 0.2) is 15.9 Å². The van der Waals surface area contributed by atoms with Crippen LogP contribution in [-0.2, 0) is 9.53 Å². The summed E-state index contributed by atoms with van der Waals surface area (Å²) >= 11 is 4.64. The van der Waals surface area contributed by atoms with Crippen LogP contribution >= 0.6 is 27.3 Å². The van der Waals surface area contributed by atoms with Gasteiger partial charge < -0.3 is 15.4 Å². The third kappa shape index (κ3) is 4.29. The van der Waals surface area contributed by atoms with Gasteiger partial charge in [0.25, 0.3) is 5.91 Å². The van der Waals surface area contributed by atoms with Crippen LogP contribution in [0, 0.1) is 0 Å². The van der Waals surface area contributed by atoms with Gasteiger partial charge >= 0.3 is 0 Å². The fourth-order valence-electron chi connectivity index (χ4n) is 1.94. The number of amides is 2. The maximum atomic E-state index is 11.9. The van der Waals surface area contributed by atoms with Gasteiger partial charge in [0.15, 0.2) is 0 Å². The molecule has 1 aliphatic heterocycles. The number of rotatable bonds is 5. The Morgan fingerprint density at radius 3 is 2.95 bits per heavy atom. The molecule has 0 bridgehead atoms. The van der Waals surface area contributed by atoms with E-state index in [-0.39, 0.29) is 17.9 Å². The zero-order valence-electron chi connectivity index (χ0n) is 11.1. The lowest BCUT2D eigenvalue weighted by Gasteiger charge is -2.15. The summed E-state index contributed by atoms with van der Waals surface area (Å²) in [5, 5.41) is 5.48. The molecule has 20 heavy (non-hydrogen) atoms. The monoisotopic (exact) mass is 360 g/mol. The van der Waals surface area contributed by atoms with Crippen molar-refractivity contribution in [1.82, 2.24) is 10.6 Å². The molecule has 0 radical (unpaired) electrons. The van der Waals surface area contributed by atoms with Gasteiger partial charge in [0.2, 0.25) is 5.91 Å². The van der Waals surface area contributed by atoms with E-state index in [4.69, 9.17) is 4.74 Å². The highest BCUT2D eigenvalue weighted by Crippen LogP contribution is 2.21. The van der Waals surface area contributed by atoms with Crippen molar-refractivity contribution in [3.8, 4) is 0 Å². The Morgan fingerprint density at radius 1 is 1.55 bits per heavy atom. The van der Waals surface area contributed by atoms with E-state index in [2.05, 4.69) is 26.6 Å². The standard InChI is InChI=1S/C13H17BrN2O3S/c1-8(12(17)15-7-9-3-2-6-19-9)16-13(18)10-4-5-11(14)20-10/h4-5,8-9H,2-3,6-7H2,1H3,(H,15,17)(H,16,18). The van der Waals surface area contributed by atoms with E-state index < -0.39 is 6.04 Å². The van der Waals surface area contributed by atoms with Crippen LogP contribution < -0.4 is 10.6 Å². The second kappa shape index (κ2) is 7.19. The van der Waals surface area contributed by atoms with Gasteiger partial charge in [-0.15, -0.1) is 11.3 Å². The normalized spacial score (nSPS) is 19.6. The molecule has 0 saturated carbocycles. The van der Waals surface area contributed by atoms with Gasteiger partial charge in [-0.05, 0) is 47.8 Å². The van der Waals surface area contributed by atoms with Crippen LogP contribution in [0.1, 0.15) is 29.4 Å². The van der Waals surface area contributed by atoms with Crippen molar-refractivity contribution >= 4 is 39.1 Å². The first-order valence-corrected chi connectivity index (χ1v) is 8.12. The van der Waals surface area contributed by atoms with E-state index in [1.165, 1.54) is 11.3 Å². The van der Waals surface area contributed by atoms with E-state index in [0.29, 0.717) is 11.4 Å². The van der Waals surface area contributed by atoms with Crippen molar-refractivity contribution in [2.75, 3.05) is 13.2 Å². The molecule has 2 unspecified atom stereocenters. The number of nitrogens with one attached hydrogen (secondary N) is 2. The highest BCUT2D eigenvalue weighted by molar-refractivity contribution is 9.11. The summed E-state index contributed by atoms with van der Waals surface area (Å²) in [6, 6.07) is 2.97. The second-order valence-corrected chi connectivity index (χ2v) is 7.14. The average Bonchev–Trinajstić information content (AvgIpc) is 3.06. The Kier molecular flexibility index (Phi) is 5.56. The van der Waals surface area contributed by atoms with Crippen molar-refractivity contribution in [1.29, 1.82) is 0 Å². The fourth-order valence-corrected chi connectivity index (χ4v) is 3.23. The quantitative estimate of drug-likeness (QED) is 0.842. The van der Waals surface area contributed by atoms with Gasteiger partial charge in [-0.2, -0.15) is 0 Å². The molecule has 2 rings (SSSR count). The van der Waals surface area contributed by atoms with Crippen molar-refractivity contribution in [2.24, 2.45) is 0 Å². The van der Waals surface area contributed by atoms with E-state index >= 15 is 0 Å². The summed E-state index contributed by atoms with van der Waals surface area (Å²) in [6.45, 7) is 2.94. The number of thiophene rings is 1. The van der Waals surface area contributed by atoms with Crippen molar-refractivity contribution in [3.05, 3.63) is 20.8 Å². The first kappa shape index (κ1) is 15.5. The highest BCUT2D eigenvalue weighted by Gasteiger charge is 2.20. The van der Waals surface area contributed by atoms with Crippen LogP contribution in [0.2, 0.25) is 0 Å². The molecule has 2 N–H and O–H groups in total. The molecule has 0 aromatic carbocycles. The van der Waals surface area contributed by atoms with E-state index in [1.54, 1.807) is 13.0 Å². The summed E-state index contributed by atoms with van der Waals surface area (Å²) in [7, 11) is 0. The zero-order valence-corrected chi connectivity index (χ0v) is 13.6. The van der Waals surface area contributed by atoms with Crippen LogP contribution in [-0.4, -0.2) is 37.1 Å². The first-order valence-electron chi connectivity index (χ1n) is 6.52. The van der Waals surface area contributed by atoms with Crippen LogP contribution in [0.25, 0.3) is 0 Å². The molecule has 1 aromatic heterocycles. The van der Waals surface area contributed by atoms with Crippen molar-refractivity contribution in [2.45, 2.75) is 31.9 Å². The summed E-state index contributed by atoms with van der Waals surface area (Å²) in [5.41, 5.74) is 0. The smallest absolute Gasteiger partial charge is 0.262 e. The van der Waals surface area contributed by atoms with Crippen LogP contribution in [0.3, 0.4) is 0 Å². The summed E-state index contributed by atoms with van der Waals surface area (Å²) in [4.78, 5) is 24.4. The van der Waals surface area contributed by atoms with Crippen LogP contribution in [0.5, 0.6) is 0 Å². The molecule has 110 valence electrons. The van der Waals surface area contributed by atoms with Gasteiger partial charge in [0, 0.05) is 13.2 Å². The fraction of sp³-hybridized carbons (Fsp3) is 0.538. The van der Waals surface area contributed by atoms with E-state index in [0.717, 1.165) is 23.2 Å². The summed E-state index contributed by atoms with van der Waals surface area (Å²) in [6.07, 6.45) is 2.12. The number of carbonyl (C=O) groups excluding carboxylic acids is 2. The molecule has 2 amide bonds. The Bertz CT molecular complexity index is 486. The molecule has 5 nitrogen and oxygen atoms in total. The highest BCUT2D eigenvalue weighted by atomic mass is 79.9. The molecule has 1 fully saturated rings. The number of carbonyl (C=O) groups is 2. The molecule has 7 heteroatoms. The molecule has 0 aliphatic carbocycles. The lowest BCUT2D eigenvalue weighted by Crippen LogP contribution is -2.46. The first-order chi connectivity index (χ1) is 9.56. The van der Waals surface area contributed by atoms with Crippen molar-refractivity contribution in [3.63, 3.8) is 0 Å². The molecule has 1 aromatic rings. The minimum Gasteiger partial charge on any atom is -0.376 e. The van der Waals surface area contributed by atoms with E-state index in [1.807, 2.05) is 6.07 Å². The molecule has 2 heterocycles. The molecule has 1 saturated heterocycles. The summed E-state index contributed by atoms with van der Waals surface area (Å²) < 4.78 is 6.32. The van der Waals surface area contributed by atoms with Gasteiger partial charge in [-0.1, -0.05) is 0 Å². The number of halogens is 1. The molecule has 1 aliphatic rings. The Morgan fingerprint density at radius 2 is 2.35 bits per heavy atom. The molecular formula is C13H17BrN2O3S. The number of hydrogen-bond acceptors (Lipinski definition) is 4. The van der Waals surface area contributed by atoms with E-state index in [9.17, 15) is 9.59 Å². The molecular weight excluding hydrogens is 344 g/mol. The molecule has 0 spiro atoms.